The van der Waals surface area contributed by atoms with Crippen LogP contribution in [0.2, 0.25) is 0 Å². The van der Waals surface area contributed by atoms with Crippen LogP contribution >= 0.6 is 0 Å². The Bertz CT molecular complexity index is 344. The van der Waals surface area contributed by atoms with Crippen molar-refractivity contribution in [1.82, 2.24) is 10.2 Å². The summed E-state index contributed by atoms with van der Waals surface area (Å²) in [5.41, 5.74) is 0. The van der Waals surface area contributed by atoms with Crippen LogP contribution in [0.25, 0.3) is 0 Å². The molecule has 7 heteroatoms. The third kappa shape index (κ3) is 3.14. The minimum absolute atomic E-state index is 0.190. The van der Waals surface area contributed by atoms with E-state index < -0.39 is 36.6 Å². The van der Waals surface area contributed by atoms with Gasteiger partial charge in [-0.25, -0.2) is 0 Å². The van der Waals surface area contributed by atoms with Gasteiger partial charge in [0.15, 0.2) is 0 Å². The molecule has 104 valence electrons. The fourth-order valence-electron chi connectivity index (χ4n) is 1.88. The summed E-state index contributed by atoms with van der Waals surface area (Å²) in [6.07, 6.45) is -3.90. The van der Waals surface area contributed by atoms with Crippen molar-refractivity contribution in [3.05, 3.63) is 0 Å². The second-order valence-electron chi connectivity index (χ2n) is 4.63. The first-order valence-corrected chi connectivity index (χ1v) is 5.85. The van der Waals surface area contributed by atoms with Gasteiger partial charge in [0.25, 0.3) is 0 Å². The molecule has 3 atom stereocenters. The first-order valence-electron chi connectivity index (χ1n) is 5.85. The molecule has 0 bridgehead atoms. The number of hydrogen-bond acceptors (Lipinski definition) is 2. The molecule has 0 aromatic carbocycles. The van der Waals surface area contributed by atoms with E-state index in [1.807, 2.05) is 6.92 Å². The molecule has 1 saturated heterocycles. The first kappa shape index (κ1) is 14.8. The summed E-state index contributed by atoms with van der Waals surface area (Å²) < 4.78 is 37.2. The maximum Gasteiger partial charge on any atom is 0.406 e. The SMILES string of the molecule is CCC(C)C1NC(=O)C(C)N(CC(F)(F)F)C1=O. The van der Waals surface area contributed by atoms with Crippen LogP contribution in [0.5, 0.6) is 0 Å². The zero-order valence-corrected chi connectivity index (χ0v) is 10.5. The van der Waals surface area contributed by atoms with Crippen LogP contribution in [0, 0.1) is 5.92 Å². The van der Waals surface area contributed by atoms with E-state index in [1.165, 1.54) is 6.92 Å². The van der Waals surface area contributed by atoms with Gasteiger partial charge in [0.1, 0.15) is 18.6 Å². The van der Waals surface area contributed by atoms with Crippen LogP contribution in [0.15, 0.2) is 0 Å². The lowest BCUT2D eigenvalue weighted by molar-refractivity contribution is -0.174. The molecule has 18 heavy (non-hydrogen) atoms. The number of nitrogens with one attached hydrogen (secondary N) is 1. The van der Waals surface area contributed by atoms with Crippen LogP contribution in [0.3, 0.4) is 0 Å². The van der Waals surface area contributed by atoms with Crippen molar-refractivity contribution in [2.45, 2.75) is 45.5 Å². The van der Waals surface area contributed by atoms with Crippen LogP contribution < -0.4 is 5.32 Å². The van der Waals surface area contributed by atoms with Crippen molar-refractivity contribution in [1.29, 1.82) is 0 Å². The third-order valence-corrected chi connectivity index (χ3v) is 3.26. The molecule has 1 fully saturated rings. The lowest BCUT2D eigenvalue weighted by Gasteiger charge is -2.39. The number of rotatable bonds is 3. The number of carbonyl (C=O) groups is 2. The summed E-state index contributed by atoms with van der Waals surface area (Å²) in [7, 11) is 0. The standard InChI is InChI=1S/C11H17F3N2O2/c1-4-6(2)8-10(18)16(5-11(12,13)14)7(3)9(17)15-8/h6-8H,4-5H2,1-3H3,(H,15,17). The molecule has 4 nitrogen and oxygen atoms in total. The van der Waals surface area contributed by atoms with E-state index in [2.05, 4.69) is 5.32 Å². The molecular formula is C11H17F3N2O2. The second kappa shape index (κ2) is 5.16. The molecule has 0 saturated carbocycles. The summed E-state index contributed by atoms with van der Waals surface area (Å²) in [5, 5.41) is 2.48. The fourth-order valence-corrected chi connectivity index (χ4v) is 1.88. The molecule has 1 rings (SSSR count). The van der Waals surface area contributed by atoms with Crippen molar-refractivity contribution in [3.63, 3.8) is 0 Å². The predicted octanol–water partition coefficient (Wildman–Crippen LogP) is 1.31. The quantitative estimate of drug-likeness (QED) is 0.837. The number of halogens is 3. The maximum absolute atomic E-state index is 12.4. The van der Waals surface area contributed by atoms with Crippen LogP contribution in [0.1, 0.15) is 27.2 Å². The molecule has 0 aliphatic carbocycles. The molecule has 1 aliphatic heterocycles. The number of nitrogens with zero attached hydrogens (tertiary/aromatic N) is 1. The van der Waals surface area contributed by atoms with E-state index in [4.69, 9.17) is 0 Å². The lowest BCUT2D eigenvalue weighted by atomic mass is 9.94. The van der Waals surface area contributed by atoms with Gasteiger partial charge in [0, 0.05) is 0 Å². The minimum atomic E-state index is -4.50. The van der Waals surface area contributed by atoms with E-state index in [0.29, 0.717) is 11.3 Å². The summed E-state index contributed by atoms with van der Waals surface area (Å²) in [6.45, 7) is 3.46. The summed E-state index contributed by atoms with van der Waals surface area (Å²) in [5.74, 6) is -1.39. The van der Waals surface area contributed by atoms with Gasteiger partial charge in [-0.2, -0.15) is 13.2 Å². The fraction of sp³-hybridized carbons (Fsp3) is 0.818. The zero-order chi connectivity index (χ0) is 14.1. The van der Waals surface area contributed by atoms with Crippen molar-refractivity contribution < 1.29 is 22.8 Å². The molecule has 1 N–H and O–H groups in total. The highest BCUT2D eigenvalue weighted by Crippen LogP contribution is 2.23. The normalized spacial score (nSPS) is 27.1. The Morgan fingerprint density at radius 3 is 2.39 bits per heavy atom. The second-order valence-corrected chi connectivity index (χ2v) is 4.63. The Kier molecular flexibility index (Phi) is 4.24. The number of carbonyl (C=O) groups excluding carboxylic acids is 2. The molecule has 1 heterocycles. The van der Waals surface area contributed by atoms with E-state index in [-0.39, 0.29) is 5.92 Å². The molecule has 0 radical (unpaired) electrons. The van der Waals surface area contributed by atoms with Gasteiger partial charge in [0.05, 0.1) is 0 Å². The highest BCUT2D eigenvalue weighted by atomic mass is 19.4. The van der Waals surface area contributed by atoms with E-state index >= 15 is 0 Å². The van der Waals surface area contributed by atoms with Crippen LogP contribution in [-0.4, -0.2) is 41.5 Å². The van der Waals surface area contributed by atoms with E-state index in [9.17, 15) is 22.8 Å². The average molecular weight is 266 g/mol. The monoisotopic (exact) mass is 266 g/mol. The van der Waals surface area contributed by atoms with Gasteiger partial charge in [0.2, 0.25) is 11.8 Å². The number of amides is 2. The molecule has 0 aromatic heterocycles. The van der Waals surface area contributed by atoms with Crippen LogP contribution in [-0.2, 0) is 9.59 Å². The summed E-state index contributed by atoms with van der Waals surface area (Å²) in [4.78, 5) is 24.2. The molecule has 3 unspecified atom stereocenters. The van der Waals surface area contributed by atoms with Gasteiger partial charge < -0.3 is 10.2 Å². The Labute approximate surface area is 104 Å². The third-order valence-electron chi connectivity index (χ3n) is 3.26. The van der Waals surface area contributed by atoms with Crippen LogP contribution in [0.4, 0.5) is 13.2 Å². The summed E-state index contributed by atoms with van der Waals surface area (Å²) in [6, 6.07) is -1.94. The highest BCUT2D eigenvalue weighted by Gasteiger charge is 2.44. The zero-order valence-electron chi connectivity index (χ0n) is 10.5. The molecule has 1 aliphatic rings. The van der Waals surface area contributed by atoms with Gasteiger partial charge in [-0.3, -0.25) is 9.59 Å². The Morgan fingerprint density at radius 1 is 1.39 bits per heavy atom. The van der Waals surface area contributed by atoms with E-state index in [1.54, 1.807) is 6.92 Å². The van der Waals surface area contributed by atoms with Gasteiger partial charge >= 0.3 is 6.18 Å². The molecule has 2 amide bonds. The Balaban J connectivity index is 2.92. The van der Waals surface area contributed by atoms with Crippen molar-refractivity contribution in [2.24, 2.45) is 5.92 Å². The van der Waals surface area contributed by atoms with Crippen molar-refractivity contribution in [3.8, 4) is 0 Å². The highest BCUT2D eigenvalue weighted by molar-refractivity contribution is 5.96. The minimum Gasteiger partial charge on any atom is -0.342 e. The van der Waals surface area contributed by atoms with Gasteiger partial charge in [-0.05, 0) is 12.8 Å². The number of alkyl halides is 3. The Morgan fingerprint density at radius 2 is 1.94 bits per heavy atom. The largest absolute Gasteiger partial charge is 0.406 e. The first-order chi connectivity index (χ1) is 8.17. The predicted molar refractivity (Wildman–Crippen MR) is 58.6 cm³/mol. The van der Waals surface area contributed by atoms with Gasteiger partial charge in [-0.1, -0.05) is 20.3 Å². The number of piperazine rings is 1. The maximum atomic E-state index is 12.4. The lowest BCUT2D eigenvalue weighted by Crippen LogP contribution is -2.65. The molecule has 0 spiro atoms. The smallest absolute Gasteiger partial charge is 0.342 e. The van der Waals surface area contributed by atoms with Gasteiger partial charge in [-0.15, -0.1) is 0 Å². The van der Waals surface area contributed by atoms with Crippen molar-refractivity contribution >= 4 is 11.8 Å². The Hall–Kier alpha value is -1.27. The molecular weight excluding hydrogens is 249 g/mol. The average Bonchev–Trinajstić information content (AvgIpc) is 2.27. The number of hydrogen-bond donors (Lipinski definition) is 1. The molecule has 0 aromatic rings. The van der Waals surface area contributed by atoms with E-state index in [0.717, 1.165) is 0 Å². The topological polar surface area (TPSA) is 49.4 Å². The summed E-state index contributed by atoms with van der Waals surface area (Å²) >= 11 is 0. The van der Waals surface area contributed by atoms with Crippen molar-refractivity contribution in [2.75, 3.05) is 6.54 Å².